The quantitative estimate of drug-likeness (QED) is 0.128. The highest BCUT2D eigenvalue weighted by atomic mass is 35.5. The molecule has 1 unspecified atom stereocenters. The fourth-order valence-corrected chi connectivity index (χ4v) is 8.87. The number of benzene rings is 3. The zero-order valence-electron chi connectivity index (χ0n) is 31.8. The molecule has 1 aromatic heterocycles. The number of likely N-dealkylation sites (tertiary alicyclic amines) is 1. The standard InChI is InChI=1S/C42H44ClN5O8S/c1-6-26-21-42(26,41(51)47-57(52,53)30-14-15-30)46-38(49)34-20-29(56-39-33-18-27(43)12-16-32(33)36(55-5)22-44-39)23-48(34)40(50)37(24(2)3)45-28-13-17-31(35(19-28)54-4)25-10-8-7-9-11-25/h6-13,16-19,22,26,29-30,34,37,45H,1-2,14-15,20-21,23H2,3-5H3,(H,46,49)(H,47,51)/t26-,29-,34+,37?,42-/m1/s1. The van der Waals surface area contributed by atoms with Crippen LogP contribution in [0, 0.1) is 5.92 Å². The summed E-state index contributed by atoms with van der Waals surface area (Å²) in [6, 6.07) is 18.3. The van der Waals surface area contributed by atoms with Gasteiger partial charge in [-0.1, -0.05) is 54.6 Å². The summed E-state index contributed by atoms with van der Waals surface area (Å²) >= 11 is 6.37. The summed E-state index contributed by atoms with van der Waals surface area (Å²) in [6.07, 6.45) is 3.38. The van der Waals surface area contributed by atoms with Gasteiger partial charge in [0.15, 0.2) is 0 Å². The van der Waals surface area contributed by atoms with Gasteiger partial charge >= 0.3 is 0 Å². The first-order valence-electron chi connectivity index (χ1n) is 18.5. The average molecular weight is 814 g/mol. The Labute approximate surface area is 336 Å². The minimum absolute atomic E-state index is 0.0205. The third-order valence-electron chi connectivity index (χ3n) is 10.7. The number of sulfonamides is 1. The molecule has 15 heteroatoms. The van der Waals surface area contributed by atoms with Crippen LogP contribution < -0.4 is 29.6 Å². The zero-order valence-corrected chi connectivity index (χ0v) is 33.4. The van der Waals surface area contributed by atoms with Crippen molar-refractivity contribution < 1.29 is 37.0 Å². The predicted octanol–water partition coefficient (Wildman–Crippen LogP) is 5.65. The second-order valence-corrected chi connectivity index (χ2v) is 17.1. The van der Waals surface area contributed by atoms with Gasteiger partial charge in [0.25, 0.3) is 5.91 Å². The summed E-state index contributed by atoms with van der Waals surface area (Å²) in [4.78, 5) is 48.6. The monoisotopic (exact) mass is 813 g/mol. The number of ether oxygens (including phenoxy) is 3. The Kier molecular flexibility index (Phi) is 10.9. The van der Waals surface area contributed by atoms with Crippen LogP contribution in [-0.2, 0) is 24.4 Å². The van der Waals surface area contributed by atoms with Gasteiger partial charge in [-0.25, -0.2) is 13.4 Å². The smallest absolute Gasteiger partial charge is 0.259 e. The van der Waals surface area contributed by atoms with Crippen molar-refractivity contribution in [2.45, 2.75) is 61.6 Å². The molecule has 7 rings (SSSR count). The molecule has 4 aromatic rings. The maximum atomic E-state index is 14.7. The first-order valence-corrected chi connectivity index (χ1v) is 20.5. The van der Waals surface area contributed by atoms with E-state index in [1.807, 2.05) is 42.5 Å². The minimum atomic E-state index is -3.91. The first-order chi connectivity index (χ1) is 27.3. The van der Waals surface area contributed by atoms with Crippen molar-refractivity contribution >= 4 is 55.8 Å². The Morgan fingerprint density at radius 2 is 1.75 bits per heavy atom. The third kappa shape index (κ3) is 8.01. The maximum absolute atomic E-state index is 14.7. The summed E-state index contributed by atoms with van der Waals surface area (Å²) in [5, 5.41) is 7.18. The number of halogens is 1. The number of amides is 3. The predicted molar refractivity (Wildman–Crippen MR) is 218 cm³/mol. The van der Waals surface area contributed by atoms with E-state index in [2.05, 4.69) is 33.5 Å². The molecule has 5 atom stereocenters. The van der Waals surface area contributed by atoms with Crippen molar-refractivity contribution in [1.29, 1.82) is 0 Å². The molecule has 0 spiro atoms. The second kappa shape index (κ2) is 15.7. The van der Waals surface area contributed by atoms with Gasteiger partial charge in [-0.15, -0.1) is 6.58 Å². The lowest BCUT2D eigenvalue weighted by Crippen LogP contribution is -2.57. The molecule has 3 aliphatic rings. The van der Waals surface area contributed by atoms with Gasteiger partial charge in [-0.05, 0) is 67.7 Å². The van der Waals surface area contributed by atoms with Crippen LogP contribution in [-0.4, -0.2) is 85.8 Å². The lowest BCUT2D eigenvalue weighted by molar-refractivity contribution is -0.139. The highest BCUT2D eigenvalue weighted by Crippen LogP contribution is 2.46. The van der Waals surface area contributed by atoms with Crippen LogP contribution in [0.25, 0.3) is 21.9 Å². The maximum Gasteiger partial charge on any atom is 0.259 e. The molecule has 57 heavy (non-hydrogen) atoms. The second-order valence-electron chi connectivity index (χ2n) is 14.7. The number of rotatable bonds is 15. The van der Waals surface area contributed by atoms with Crippen LogP contribution in [0.15, 0.2) is 97.7 Å². The van der Waals surface area contributed by atoms with Crippen LogP contribution in [0.4, 0.5) is 5.69 Å². The van der Waals surface area contributed by atoms with Gasteiger partial charge in [-0.2, -0.15) is 0 Å². The summed E-state index contributed by atoms with van der Waals surface area (Å²) in [6.45, 7) is 9.58. The zero-order chi connectivity index (χ0) is 40.6. The Morgan fingerprint density at radius 3 is 2.40 bits per heavy atom. The Hall–Kier alpha value is -5.60. The number of nitrogens with one attached hydrogen (secondary N) is 3. The van der Waals surface area contributed by atoms with Gasteiger partial charge in [0.1, 0.15) is 35.2 Å². The lowest BCUT2D eigenvalue weighted by atomic mass is 10.0. The molecule has 3 fully saturated rings. The van der Waals surface area contributed by atoms with Crippen LogP contribution in [0.1, 0.15) is 32.6 Å². The topological polar surface area (TPSA) is 165 Å². The van der Waals surface area contributed by atoms with Gasteiger partial charge in [0, 0.05) is 45.5 Å². The van der Waals surface area contributed by atoms with Crippen LogP contribution in [0.2, 0.25) is 5.02 Å². The first kappa shape index (κ1) is 39.6. The number of fused-ring (bicyclic) bond motifs is 1. The lowest BCUT2D eigenvalue weighted by Gasteiger charge is -2.30. The Bertz CT molecular complexity index is 2370. The molecule has 1 aliphatic heterocycles. The summed E-state index contributed by atoms with van der Waals surface area (Å²) in [7, 11) is -0.808. The third-order valence-corrected chi connectivity index (χ3v) is 12.8. The van der Waals surface area contributed by atoms with Gasteiger partial charge in [0.05, 0.1) is 32.2 Å². The molecule has 13 nitrogen and oxygen atoms in total. The number of carbonyl (C=O) groups excluding carboxylic acids is 3. The highest BCUT2D eigenvalue weighted by Gasteiger charge is 2.62. The largest absolute Gasteiger partial charge is 0.496 e. The van der Waals surface area contributed by atoms with Gasteiger partial charge in [0.2, 0.25) is 27.7 Å². The van der Waals surface area contributed by atoms with E-state index in [1.54, 1.807) is 38.3 Å². The number of hydrogen-bond acceptors (Lipinski definition) is 10. The molecule has 298 valence electrons. The van der Waals surface area contributed by atoms with Crippen LogP contribution in [0.5, 0.6) is 17.4 Å². The van der Waals surface area contributed by atoms with E-state index < -0.39 is 62.6 Å². The number of anilines is 1. The molecule has 3 N–H and O–H groups in total. The number of hydrogen-bond donors (Lipinski definition) is 3. The molecule has 3 amide bonds. The summed E-state index contributed by atoms with van der Waals surface area (Å²) < 4.78 is 45.4. The molecule has 1 saturated heterocycles. The van der Waals surface area contributed by atoms with E-state index in [4.69, 9.17) is 25.8 Å². The van der Waals surface area contributed by atoms with E-state index in [9.17, 15) is 22.8 Å². The summed E-state index contributed by atoms with van der Waals surface area (Å²) in [5.74, 6) is -1.17. The molecular formula is C42H44ClN5O8S. The fourth-order valence-electron chi connectivity index (χ4n) is 7.34. The summed E-state index contributed by atoms with van der Waals surface area (Å²) in [5.41, 5.74) is 1.31. The molecule has 2 heterocycles. The van der Waals surface area contributed by atoms with Crippen molar-refractivity contribution in [2.24, 2.45) is 5.92 Å². The SMILES string of the molecule is C=C[C@@H]1C[C@]1(NC(=O)[C@@H]1C[C@@H](Oc2ncc(OC)c3ccc(Cl)cc23)CN1C(=O)C(Nc1ccc(-c2ccccc2)c(OC)c1)C(=C)C)C(=O)NS(=O)(=O)C1CC1. The number of aromatic nitrogens is 1. The molecule has 2 aliphatic carbocycles. The van der Waals surface area contributed by atoms with Gasteiger partial charge in [-0.3, -0.25) is 19.1 Å². The van der Waals surface area contributed by atoms with E-state index in [1.165, 1.54) is 24.3 Å². The van der Waals surface area contributed by atoms with Crippen molar-refractivity contribution in [1.82, 2.24) is 19.9 Å². The molecular weight excluding hydrogens is 770 g/mol. The van der Waals surface area contributed by atoms with Crippen molar-refractivity contribution in [3.05, 3.63) is 103 Å². The average Bonchev–Trinajstić information content (AvgIpc) is 4.13. The molecule has 0 bridgehead atoms. The number of methoxy groups -OCH3 is 2. The number of carbonyl (C=O) groups is 3. The Balaban J connectivity index is 1.19. The normalized spacial score (nSPS) is 21.9. The van der Waals surface area contributed by atoms with Crippen molar-refractivity contribution in [3.63, 3.8) is 0 Å². The van der Waals surface area contributed by atoms with Crippen LogP contribution in [0.3, 0.4) is 0 Å². The molecule has 3 aromatic carbocycles. The fraction of sp³-hybridized carbons (Fsp3) is 0.333. The highest BCUT2D eigenvalue weighted by molar-refractivity contribution is 7.91. The van der Waals surface area contributed by atoms with Gasteiger partial charge < -0.3 is 29.7 Å². The minimum Gasteiger partial charge on any atom is -0.496 e. The van der Waals surface area contributed by atoms with E-state index >= 15 is 0 Å². The van der Waals surface area contributed by atoms with E-state index in [0.29, 0.717) is 51.4 Å². The Morgan fingerprint density at radius 1 is 1.02 bits per heavy atom. The molecule has 0 radical (unpaired) electrons. The van der Waals surface area contributed by atoms with Crippen LogP contribution >= 0.6 is 11.6 Å². The van der Waals surface area contributed by atoms with E-state index in [-0.39, 0.29) is 25.3 Å². The van der Waals surface area contributed by atoms with E-state index in [0.717, 1.165) is 11.1 Å². The number of nitrogens with zero attached hydrogens (tertiary/aromatic N) is 2. The van der Waals surface area contributed by atoms with Crippen molar-refractivity contribution in [3.8, 4) is 28.5 Å². The molecule has 2 saturated carbocycles. The van der Waals surface area contributed by atoms with Crippen molar-refractivity contribution in [2.75, 3.05) is 26.1 Å². The number of pyridine rings is 1.